The molecule has 3 heterocycles. The molecule has 0 atom stereocenters. The Kier molecular flexibility index (Phi) is 3.50. The highest BCUT2D eigenvalue weighted by molar-refractivity contribution is 6.03. The van der Waals surface area contributed by atoms with Crippen molar-refractivity contribution in [1.82, 2.24) is 0 Å². The lowest BCUT2D eigenvalue weighted by molar-refractivity contribution is -0.498. The van der Waals surface area contributed by atoms with Gasteiger partial charge in [-0.2, -0.15) is 0 Å². The van der Waals surface area contributed by atoms with E-state index in [2.05, 4.69) is 4.58 Å². The average molecular weight is 368 g/mol. The molecule has 5 rings (SSSR count). The lowest BCUT2D eigenvalue weighted by Crippen LogP contribution is -2.29. The van der Waals surface area contributed by atoms with Gasteiger partial charge in [-0.15, -0.1) is 0 Å². The fourth-order valence-electron chi connectivity index (χ4n) is 3.89. The first kappa shape index (κ1) is 16.0. The molecule has 0 aliphatic carbocycles. The lowest BCUT2D eigenvalue weighted by Gasteiger charge is -2.18. The van der Waals surface area contributed by atoms with Gasteiger partial charge in [0.1, 0.15) is 19.2 Å². The van der Waals surface area contributed by atoms with Crippen molar-refractivity contribution >= 4 is 11.7 Å². The Morgan fingerprint density at radius 3 is 2.63 bits per heavy atom. The van der Waals surface area contributed by atoms with Gasteiger partial charge in [0.25, 0.3) is 0 Å². The summed E-state index contributed by atoms with van der Waals surface area (Å²) in [5.41, 5.74) is 4.17. The predicted molar refractivity (Wildman–Crippen MR) is 94.7 cm³/mol. The molecule has 3 aliphatic rings. The van der Waals surface area contributed by atoms with Gasteiger partial charge in [0.2, 0.25) is 13.6 Å². The second-order valence-corrected chi connectivity index (χ2v) is 6.80. The maximum atomic E-state index is 11.9. The fraction of sp³-hybridized carbons (Fsp3) is 0.300. The second kappa shape index (κ2) is 5.90. The number of carbonyl (C=O) groups is 1. The van der Waals surface area contributed by atoms with E-state index >= 15 is 0 Å². The van der Waals surface area contributed by atoms with Crippen LogP contribution in [0.1, 0.15) is 27.0 Å². The van der Waals surface area contributed by atoms with Gasteiger partial charge in [-0.1, -0.05) is 6.07 Å². The Bertz CT molecular complexity index is 1010. The highest BCUT2D eigenvalue weighted by Gasteiger charge is 2.31. The van der Waals surface area contributed by atoms with Crippen LogP contribution in [0, 0.1) is 0 Å². The summed E-state index contributed by atoms with van der Waals surface area (Å²) in [7, 11) is 2.02. The molecule has 7 heteroatoms. The molecule has 2 aromatic rings. The van der Waals surface area contributed by atoms with E-state index in [9.17, 15) is 9.90 Å². The molecule has 3 aliphatic heterocycles. The van der Waals surface area contributed by atoms with Gasteiger partial charge in [0, 0.05) is 12.0 Å². The Morgan fingerprint density at radius 2 is 1.81 bits per heavy atom. The molecular weight excluding hydrogens is 350 g/mol. The van der Waals surface area contributed by atoms with Gasteiger partial charge in [-0.3, -0.25) is 0 Å². The van der Waals surface area contributed by atoms with Gasteiger partial charge in [0.15, 0.2) is 28.7 Å². The molecule has 1 N–H and O–H groups in total. The molecule has 0 unspecified atom stereocenters. The van der Waals surface area contributed by atoms with Gasteiger partial charge in [-0.05, 0) is 29.3 Å². The summed E-state index contributed by atoms with van der Waals surface area (Å²) in [5.74, 6) is 1.27. The number of rotatable bonds is 3. The minimum absolute atomic E-state index is 0.0435. The normalized spacial score (nSPS) is 16.5. The lowest BCUT2D eigenvalue weighted by atomic mass is 9.90. The van der Waals surface area contributed by atoms with Gasteiger partial charge in [0.05, 0.1) is 6.42 Å². The van der Waals surface area contributed by atoms with E-state index in [1.807, 2.05) is 19.2 Å². The molecule has 0 amide bonds. The van der Waals surface area contributed by atoms with Crippen molar-refractivity contribution in [3.63, 3.8) is 0 Å². The van der Waals surface area contributed by atoms with E-state index in [1.54, 1.807) is 12.1 Å². The fourth-order valence-corrected chi connectivity index (χ4v) is 3.89. The molecule has 0 radical (unpaired) electrons. The Morgan fingerprint density at radius 1 is 1.07 bits per heavy atom. The van der Waals surface area contributed by atoms with Crippen molar-refractivity contribution in [3.05, 3.63) is 46.5 Å². The molecule has 7 nitrogen and oxygen atoms in total. The number of hydrogen-bond donors (Lipinski definition) is 1. The van der Waals surface area contributed by atoms with Crippen molar-refractivity contribution in [1.29, 1.82) is 0 Å². The van der Waals surface area contributed by atoms with E-state index < -0.39 is 5.97 Å². The van der Waals surface area contributed by atoms with E-state index in [-0.39, 0.29) is 19.1 Å². The third-order valence-corrected chi connectivity index (χ3v) is 5.28. The molecule has 27 heavy (non-hydrogen) atoms. The quantitative estimate of drug-likeness (QED) is 0.836. The summed E-state index contributed by atoms with van der Waals surface area (Å²) < 4.78 is 23.9. The molecule has 0 aromatic heterocycles. The minimum atomic E-state index is -1.02. The molecular formula is C20H18NO6+. The maximum Gasteiger partial charge on any atom is 0.339 e. The van der Waals surface area contributed by atoms with Crippen LogP contribution >= 0.6 is 0 Å². The number of carboxylic acids is 1. The van der Waals surface area contributed by atoms with Crippen LogP contribution in [0.25, 0.3) is 0 Å². The standard InChI is InChI=1S/C20H17NO6/c1-21-5-4-11-7-16-17(26-9-25-16)8-13(11)14(21)6-12-2-3-15-19(27-10-24-15)18(12)20(22)23/h2-3,7-8H,4-6,9-10H2,1H3/p+1. The summed E-state index contributed by atoms with van der Waals surface area (Å²) in [6, 6.07) is 7.60. The summed E-state index contributed by atoms with van der Waals surface area (Å²) in [6.45, 7) is 1.13. The van der Waals surface area contributed by atoms with Crippen molar-refractivity contribution in [2.75, 3.05) is 27.2 Å². The number of ether oxygens (including phenoxy) is 4. The Hall–Kier alpha value is -3.22. The maximum absolute atomic E-state index is 11.9. The van der Waals surface area contributed by atoms with Crippen LogP contribution in [0.4, 0.5) is 0 Å². The van der Waals surface area contributed by atoms with Gasteiger partial charge < -0.3 is 24.1 Å². The van der Waals surface area contributed by atoms with Crippen molar-refractivity contribution in [3.8, 4) is 23.0 Å². The van der Waals surface area contributed by atoms with Crippen molar-refractivity contribution in [2.24, 2.45) is 0 Å². The zero-order chi connectivity index (χ0) is 18.5. The van der Waals surface area contributed by atoms with E-state index in [1.165, 1.54) is 5.56 Å². The first-order valence-electron chi connectivity index (χ1n) is 8.76. The molecule has 0 saturated carbocycles. The largest absolute Gasteiger partial charge is 0.478 e. The number of benzene rings is 2. The van der Waals surface area contributed by atoms with Crippen LogP contribution < -0.4 is 18.9 Å². The number of nitrogens with zero attached hydrogens (tertiary/aromatic N) is 1. The number of likely N-dealkylation sites (N-methyl/N-ethyl adjacent to an activating group) is 1. The third-order valence-electron chi connectivity index (χ3n) is 5.28. The monoisotopic (exact) mass is 368 g/mol. The molecule has 138 valence electrons. The predicted octanol–water partition coefficient (Wildman–Crippen LogP) is 2.07. The van der Waals surface area contributed by atoms with Crippen LogP contribution in [0.2, 0.25) is 0 Å². The zero-order valence-electron chi connectivity index (χ0n) is 14.8. The van der Waals surface area contributed by atoms with Crippen molar-refractivity contribution in [2.45, 2.75) is 12.8 Å². The van der Waals surface area contributed by atoms with Crippen LogP contribution in [-0.4, -0.2) is 48.5 Å². The highest BCUT2D eigenvalue weighted by Crippen LogP contribution is 2.39. The van der Waals surface area contributed by atoms with Crippen LogP contribution in [0.5, 0.6) is 23.0 Å². The van der Waals surface area contributed by atoms with Crippen LogP contribution in [0.15, 0.2) is 24.3 Å². The van der Waals surface area contributed by atoms with E-state index in [4.69, 9.17) is 18.9 Å². The van der Waals surface area contributed by atoms with Crippen LogP contribution in [0.3, 0.4) is 0 Å². The van der Waals surface area contributed by atoms with Crippen molar-refractivity contribution < 1.29 is 33.4 Å². The average Bonchev–Trinajstić information content (AvgIpc) is 3.30. The number of hydrogen-bond acceptors (Lipinski definition) is 5. The van der Waals surface area contributed by atoms with Gasteiger partial charge in [-0.25, -0.2) is 9.37 Å². The zero-order valence-corrected chi connectivity index (χ0v) is 14.8. The summed E-state index contributed by atoms with van der Waals surface area (Å²) in [6.07, 6.45) is 1.38. The molecule has 0 fully saturated rings. The first-order chi connectivity index (χ1) is 13.1. The smallest absolute Gasteiger partial charge is 0.339 e. The third kappa shape index (κ3) is 2.50. The van der Waals surface area contributed by atoms with Crippen LogP contribution in [-0.2, 0) is 12.8 Å². The molecule has 0 saturated heterocycles. The number of carboxylic acid groups (broad SMARTS) is 1. The van der Waals surface area contributed by atoms with E-state index in [0.717, 1.165) is 35.7 Å². The molecule has 0 bridgehead atoms. The molecule has 2 aromatic carbocycles. The van der Waals surface area contributed by atoms with Gasteiger partial charge >= 0.3 is 5.97 Å². The van der Waals surface area contributed by atoms with E-state index in [0.29, 0.717) is 23.5 Å². The minimum Gasteiger partial charge on any atom is -0.478 e. The Balaban J connectivity index is 1.60. The summed E-state index contributed by atoms with van der Waals surface area (Å²) >= 11 is 0. The first-order valence-corrected chi connectivity index (χ1v) is 8.76. The number of fused-ring (bicyclic) bond motifs is 3. The topological polar surface area (TPSA) is 77.2 Å². The summed E-state index contributed by atoms with van der Waals surface area (Å²) in [5, 5.41) is 9.75. The highest BCUT2D eigenvalue weighted by atomic mass is 16.7. The second-order valence-electron chi connectivity index (χ2n) is 6.80. The molecule has 0 spiro atoms. The Labute approximate surface area is 155 Å². The summed E-state index contributed by atoms with van der Waals surface area (Å²) in [4.78, 5) is 11.9. The SMILES string of the molecule is C[N+]1=C(Cc2ccc3c(c2C(=O)O)OCO3)c2cc3c(cc2CC1)OCO3. The number of aromatic carboxylic acids is 1.